The van der Waals surface area contributed by atoms with Gasteiger partial charge in [0.2, 0.25) is 0 Å². The van der Waals surface area contributed by atoms with E-state index in [1.807, 2.05) is 0 Å². The molecule has 0 radical (unpaired) electrons. The van der Waals surface area contributed by atoms with Gasteiger partial charge in [0.25, 0.3) is 0 Å². The van der Waals surface area contributed by atoms with Crippen molar-refractivity contribution in [2.24, 2.45) is 0 Å². The molecule has 0 aliphatic rings. The molecule has 1 aromatic heterocycles. The first-order valence-electron chi connectivity index (χ1n) is 20.5. The van der Waals surface area contributed by atoms with Crippen molar-refractivity contribution < 1.29 is 4.42 Å². The molecule has 1 heterocycles. The van der Waals surface area contributed by atoms with E-state index in [0.717, 1.165) is 55.5 Å². The maximum absolute atomic E-state index is 6.54. The topological polar surface area (TPSA) is 16.4 Å². The van der Waals surface area contributed by atoms with Gasteiger partial charge in [0, 0.05) is 33.2 Å². The van der Waals surface area contributed by atoms with Crippen LogP contribution in [0.15, 0.2) is 241 Å². The van der Waals surface area contributed by atoms with Gasteiger partial charge in [-0.3, -0.25) is 0 Å². The Hall–Kier alpha value is -7.94. The van der Waals surface area contributed by atoms with Crippen molar-refractivity contribution in [3.63, 3.8) is 0 Å². The minimum Gasteiger partial charge on any atom is -0.455 e. The van der Waals surface area contributed by atoms with Crippen molar-refractivity contribution >= 4 is 49.8 Å². The largest absolute Gasteiger partial charge is 0.455 e. The number of anilines is 3. The molecule has 0 unspecified atom stereocenters. The standard InChI is InChI=1S/C58H39NO/c1-3-12-40(13-4-1)46-17-9-19-48(38-46)42-24-31-50(32-25-42)59(51-33-26-43(27-34-51)49-20-10-18-47(39-49)41-14-5-2-6-15-41)52-35-28-45(29-36-52)53-22-11-23-56-57(53)55-37-30-44-16-7-8-21-54(44)58(55)60-56/h1-39H. The first-order valence-corrected chi connectivity index (χ1v) is 20.5. The minimum absolute atomic E-state index is 0.897. The van der Waals surface area contributed by atoms with Crippen molar-refractivity contribution in [1.29, 1.82) is 0 Å². The lowest BCUT2D eigenvalue weighted by molar-refractivity contribution is 0.673. The molecule has 0 amide bonds. The monoisotopic (exact) mass is 765 g/mol. The van der Waals surface area contributed by atoms with E-state index < -0.39 is 0 Å². The molecule has 0 aliphatic carbocycles. The number of fused-ring (bicyclic) bond motifs is 5. The highest BCUT2D eigenvalue weighted by atomic mass is 16.3. The van der Waals surface area contributed by atoms with Crippen LogP contribution in [0.5, 0.6) is 0 Å². The Morgan fingerprint density at radius 2 is 0.717 bits per heavy atom. The minimum atomic E-state index is 0.897. The van der Waals surface area contributed by atoms with Gasteiger partial charge in [-0.15, -0.1) is 0 Å². The lowest BCUT2D eigenvalue weighted by Crippen LogP contribution is -2.09. The third-order valence-corrected chi connectivity index (χ3v) is 11.7. The molecule has 2 heteroatoms. The number of nitrogens with zero attached hydrogens (tertiary/aromatic N) is 1. The molecule has 11 aromatic rings. The molecule has 10 aromatic carbocycles. The Bertz CT molecular complexity index is 3150. The molecule has 0 bridgehead atoms. The van der Waals surface area contributed by atoms with Crippen LogP contribution >= 0.6 is 0 Å². The summed E-state index contributed by atoms with van der Waals surface area (Å²) >= 11 is 0. The second-order valence-electron chi connectivity index (χ2n) is 15.3. The number of hydrogen-bond donors (Lipinski definition) is 0. The van der Waals surface area contributed by atoms with E-state index in [1.54, 1.807) is 0 Å². The summed E-state index contributed by atoms with van der Waals surface area (Å²) in [4.78, 5) is 2.35. The van der Waals surface area contributed by atoms with Gasteiger partial charge in [0.1, 0.15) is 11.2 Å². The highest BCUT2D eigenvalue weighted by Gasteiger charge is 2.17. The average molecular weight is 766 g/mol. The highest BCUT2D eigenvalue weighted by molar-refractivity contribution is 6.19. The molecule has 2 nitrogen and oxygen atoms in total. The lowest BCUT2D eigenvalue weighted by Gasteiger charge is -2.26. The third kappa shape index (κ3) is 6.51. The van der Waals surface area contributed by atoms with Gasteiger partial charge in [0.05, 0.1) is 0 Å². The van der Waals surface area contributed by atoms with Crippen LogP contribution in [0.4, 0.5) is 17.1 Å². The Labute approximate surface area is 349 Å². The van der Waals surface area contributed by atoms with Crippen LogP contribution in [-0.2, 0) is 0 Å². The molecule has 11 rings (SSSR count). The summed E-state index contributed by atoms with van der Waals surface area (Å²) in [6.45, 7) is 0. The fourth-order valence-electron chi connectivity index (χ4n) is 8.66. The van der Waals surface area contributed by atoms with Crippen LogP contribution in [0.3, 0.4) is 0 Å². The summed E-state index contributed by atoms with van der Waals surface area (Å²) < 4.78 is 6.54. The van der Waals surface area contributed by atoms with Gasteiger partial charge < -0.3 is 9.32 Å². The van der Waals surface area contributed by atoms with Crippen molar-refractivity contribution in [3.05, 3.63) is 237 Å². The maximum atomic E-state index is 6.54. The van der Waals surface area contributed by atoms with Gasteiger partial charge in [-0.1, -0.05) is 176 Å². The Kier molecular flexibility index (Phi) is 8.87. The first kappa shape index (κ1) is 35.2. The normalized spacial score (nSPS) is 11.3. The summed E-state index contributed by atoms with van der Waals surface area (Å²) in [5.74, 6) is 0. The van der Waals surface area contributed by atoms with Gasteiger partial charge in [-0.25, -0.2) is 0 Å². The molecular formula is C58H39NO. The Balaban J connectivity index is 0.975. The molecule has 0 aliphatic heterocycles. The zero-order valence-electron chi connectivity index (χ0n) is 32.9. The van der Waals surface area contributed by atoms with Crippen LogP contribution in [0.2, 0.25) is 0 Å². The Morgan fingerprint density at radius 1 is 0.283 bits per heavy atom. The second kappa shape index (κ2) is 15.1. The van der Waals surface area contributed by atoms with E-state index in [4.69, 9.17) is 4.42 Å². The molecule has 0 saturated heterocycles. The van der Waals surface area contributed by atoms with Crippen LogP contribution in [0, 0.1) is 0 Å². The van der Waals surface area contributed by atoms with Gasteiger partial charge in [0.15, 0.2) is 0 Å². The maximum Gasteiger partial charge on any atom is 0.143 e. The van der Waals surface area contributed by atoms with E-state index in [0.29, 0.717) is 0 Å². The van der Waals surface area contributed by atoms with E-state index >= 15 is 0 Å². The quantitative estimate of drug-likeness (QED) is 0.153. The zero-order valence-corrected chi connectivity index (χ0v) is 32.9. The molecule has 0 atom stereocenters. The van der Waals surface area contributed by atoms with E-state index in [1.165, 1.54) is 49.9 Å². The van der Waals surface area contributed by atoms with Crippen molar-refractivity contribution in [2.45, 2.75) is 0 Å². The van der Waals surface area contributed by atoms with E-state index in [-0.39, 0.29) is 0 Å². The number of benzene rings is 10. The van der Waals surface area contributed by atoms with Gasteiger partial charge in [-0.2, -0.15) is 0 Å². The lowest BCUT2D eigenvalue weighted by atomic mass is 9.97. The molecule has 60 heavy (non-hydrogen) atoms. The summed E-state index contributed by atoms with van der Waals surface area (Å²) in [7, 11) is 0. The smallest absolute Gasteiger partial charge is 0.143 e. The summed E-state index contributed by atoms with van der Waals surface area (Å²) in [6.07, 6.45) is 0. The molecule has 0 saturated carbocycles. The third-order valence-electron chi connectivity index (χ3n) is 11.7. The van der Waals surface area contributed by atoms with Crippen molar-refractivity contribution in [3.8, 4) is 55.6 Å². The zero-order chi connectivity index (χ0) is 39.8. The van der Waals surface area contributed by atoms with Gasteiger partial charge in [-0.05, 0) is 122 Å². The van der Waals surface area contributed by atoms with E-state index in [2.05, 4.69) is 241 Å². The Morgan fingerprint density at radius 3 is 1.25 bits per heavy atom. The summed E-state index contributed by atoms with van der Waals surface area (Å²) in [6, 6.07) is 84.8. The van der Waals surface area contributed by atoms with Gasteiger partial charge >= 0.3 is 0 Å². The number of furan rings is 1. The van der Waals surface area contributed by atoms with Crippen LogP contribution in [0.1, 0.15) is 0 Å². The molecule has 0 spiro atoms. The fourth-order valence-corrected chi connectivity index (χ4v) is 8.66. The summed E-state index contributed by atoms with van der Waals surface area (Å²) in [5.41, 5.74) is 16.9. The fraction of sp³-hybridized carbons (Fsp3) is 0. The predicted molar refractivity (Wildman–Crippen MR) is 253 cm³/mol. The van der Waals surface area contributed by atoms with E-state index in [9.17, 15) is 0 Å². The number of hydrogen-bond acceptors (Lipinski definition) is 2. The molecule has 0 fully saturated rings. The van der Waals surface area contributed by atoms with Crippen LogP contribution in [-0.4, -0.2) is 0 Å². The second-order valence-corrected chi connectivity index (χ2v) is 15.3. The molecule has 282 valence electrons. The molecular weight excluding hydrogens is 727 g/mol. The average Bonchev–Trinajstić information content (AvgIpc) is 3.73. The van der Waals surface area contributed by atoms with Crippen LogP contribution in [0.25, 0.3) is 88.3 Å². The van der Waals surface area contributed by atoms with Crippen molar-refractivity contribution in [1.82, 2.24) is 0 Å². The SMILES string of the molecule is c1ccc(-c2cccc(-c3ccc(N(c4ccc(-c5cccc(-c6ccccc6)c5)cc4)c4ccc(-c5cccc6oc7c8ccccc8ccc7c56)cc4)cc3)c2)cc1. The molecule has 0 N–H and O–H groups in total. The number of rotatable bonds is 8. The van der Waals surface area contributed by atoms with Crippen LogP contribution < -0.4 is 4.90 Å². The van der Waals surface area contributed by atoms with Crippen molar-refractivity contribution in [2.75, 3.05) is 4.90 Å². The summed E-state index contributed by atoms with van der Waals surface area (Å²) in [5, 5.41) is 4.58. The highest BCUT2D eigenvalue weighted by Crippen LogP contribution is 2.42. The predicted octanol–water partition coefficient (Wildman–Crippen LogP) is 16.5. The first-order chi connectivity index (χ1) is 29.7.